The standard InChI is InChI=1S/C22H32N4O2S.HI/c1-5-23-22(25-17-19-10-12-21(13-11-19)29(4,27)28)24-14-15-26(6-2)20-9-7-8-18(3)16-20;/h7-13,16H,5-6,14-15,17H2,1-4H3,(H2,23,24,25);1H. The zero-order valence-electron chi connectivity index (χ0n) is 18.2. The van der Waals surface area contributed by atoms with E-state index in [2.05, 4.69) is 58.6 Å². The van der Waals surface area contributed by atoms with Gasteiger partial charge in [0, 0.05) is 38.1 Å². The molecule has 2 rings (SSSR count). The Bertz CT molecular complexity index is 915. The Morgan fingerprint density at radius 1 is 1.07 bits per heavy atom. The number of sulfone groups is 1. The summed E-state index contributed by atoms with van der Waals surface area (Å²) < 4.78 is 23.1. The number of aryl methyl sites for hydroxylation is 1. The van der Waals surface area contributed by atoms with Gasteiger partial charge in [0.05, 0.1) is 11.4 Å². The van der Waals surface area contributed by atoms with Crippen LogP contribution in [0.2, 0.25) is 0 Å². The molecule has 166 valence electrons. The zero-order chi connectivity index (χ0) is 21.3. The number of likely N-dealkylation sites (N-methyl/N-ethyl adjacent to an activating group) is 1. The lowest BCUT2D eigenvalue weighted by Crippen LogP contribution is -2.41. The molecule has 0 unspecified atom stereocenters. The van der Waals surface area contributed by atoms with E-state index >= 15 is 0 Å². The fourth-order valence-corrected chi connectivity index (χ4v) is 3.59. The number of hydrogen-bond donors (Lipinski definition) is 2. The smallest absolute Gasteiger partial charge is 0.191 e. The Labute approximate surface area is 198 Å². The Kier molecular flexibility index (Phi) is 11.2. The van der Waals surface area contributed by atoms with Crippen LogP contribution in [-0.4, -0.2) is 46.8 Å². The number of nitrogens with zero attached hydrogens (tertiary/aromatic N) is 2. The van der Waals surface area contributed by atoms with Gasteiger partial charge in [-0.2, -0.15) is 0 Å². The number of guanidine groups is 1. The van der Waals surface area contributed by atoms with Crippen molar-refractivity contribution in [2.75, 3.05) is 37.3 Å². The first-order valence-electron chi connectivity index (χ1n) is 9.96. The van der Waals surface area contributed by atoms with Gasteiger partial charge < -0.3 is 15.5 Å². The van der Waals surface area contributed by atoms with Crippen molar-refractivity contribution in [2.45, 2.75) is 32.2 Å². The summed E-state index contributed by atoms with van der Waals surface area (Å²) in [7, 11) is -3.17. The van der Waals surface area contributed by atoms with E-state index in [0.29, 0.717) is 11.4 Å². The second kappa shape index (κ2) is 12.8. The first-order chi connectivity index (χ1) is 13.8. The maximum absolute atomic E-state index is 11.6. The van der Waals surface area contributed by atoms with Crippen LogP contribution >= 0.6 is 24.0 Å². The van der Waals surface area contributed by atoms with Crippen LogP contribution in [0.1, 0.15) is 25.0 Å². The van der Waals surface area contributed by atoms with E-state index in [4.69, 9.17) is 0 Å². The van der Waals surface area contributed by atoms with Gasteiger partial charge in [-0.05, 0) is 56.2 Å². The third-order valence-electron chi connectivity index (χ3n) is 4.54. The van der Waals surface area contributed by atoms with Gasteiger partial charge in [0.1, 0.15) is 0 Å². The summed E-state index contributed by atoms with van der Waals surface area (Å²) in [5.41, 5.74) is 3.44. The summed E-state index contributed by atoms with van der Waals surface area (Å²) in [5.74, 6) is 0.750. The third-order valence-corrected chi connectivity index (χ3v) is 5.67. The summed E-state index contributed by atoms with van der Waals surface area (Å²) in [6.07, 6.45) is 1.21. The topological polar surface area (TPSA) is 73.8 Å². The van der Waals surface area contributed by atoms with Gasteiger partial charge >= 0.3 is 0 Å². The molecule has 30 heavy (non-hydrogen) atoms. The van der Waals surface area contributed by atoms with E-state index in [1.54, 1.807) is 24.3 Å². The summed E-state index contributed by atoms with van der Waals surface area (Å²) in [6, 6.07) is 15.4. The maximum atomic E-state index is 11.6. The summed E-state index contributed by atoms with van der Waals surface area (Å²) in [4.78, 5) is 7.26. The van der Waals surface area contributed by atoms with Crippen LogP contribution in [0.25, 0.3) is 0 Å². The van der Waals surface area contributed by atoms with Gasteiger partial charge in [-0.3, -0.25) is 0 Å². The summed E-state index contributed by atoms with van der Waals surface area (Å²) in [5, 5.41) is 6.63. The quantitative estimate of drug-likeness (QED) is 0.287. The van der Waals surface area contributed by atoms with E-state index in [0.717, 1.165) is 37.7 Å². The van der Waals surface area contributed by atoms with E-state index < -0.39 is 9.84 Å². The predicted molar refractivity (Wildman–Crippen MR) is 137 cm³/mol. The minimum Gasteiger partial charge on any atom is -0.370 e. The fourth-order valence-electron chi connectivity index (χ4n) is 2.96. The Morgan fingerprint density at radius 2 is 1.77 bits per heavy atom. The van der Waals surface area contributed by atoms with Crippen LogP contribution in [0.5, 0.6) is 0 Å². The van der Waals surface area contributed by atoms with Crippen LogP contribution < -0.4 is 15.5 Å². The molecule has 0 spiro atoms. The molecule has 0 saturated carbocycles. The molecule has 0 bridgehead atoms. The van der Waals surface area contributed by atoms with Crippen LogP contribution in [0.4, 0.5) is 5.69 Å². The van der Waals surface area contributed by atoms with Gasteiger partial charge in [-0.25, -0.2) is 13.4 Å². The molecule has 0 amide bonds. The summed E-state index contributed by atoms with van der Waals surface area (Å²) >= 11 is 0. The van der Waals surface area contributed by atoms with Crippen molar-refractivity contribution in [1.29, 1.82) is 0 Å². The van der Waals surface area contributed by atoms with Gasteiger partial charge in [-0.1, -0.05) is 24.3 Å². The normalized spacial score (nSPS) is 11.5. The first kappa shape index (κ1) is 26.2. The van der Waals surface area contributed by atoms with Gasteiger partial charge in [0.15, 0.2) is 15.8 Å². The highest BCUT2D eigenvalue weighted by molar-refractivity contribution is 14.0. The molecule has 0 heterocycles. The maximum Gasteiger partial charge on any atom is 0.191 e. The summed E-state index contributed by atoms with van der Waals surface area (Å²) in [6.45, 7) is 10.1. The lowest BCUT2D eigenvalue weighted by molar-refractivity contribution is 0.602. The monoisotopic (exact) mass is 544 g/mol. The largest absolute Gasteiger partial charge is 0.370 e. The zero-order valence-corrected chi connectivity index (χ0v) is 21.3. The van der Waals surface area contributed by atoms with Crippen molar-refractivity contribution in [3.8, 4) is 0 Å². The van der Waals surface area contributed by atoms with Gasteiger partial charge in [-0.15, -0.1) is 24.0 Å². The lowest BCUT2D eigenvalue weighted by Gasteiger charge is -2.24. The van der Waals surface area contributed by atoms with Crippen LogP contribution in [0, 0.1) is 6.92 Å². The number of hydrogen-bond acceptors (Lipinski definition) is 4. The van der Waals surface area contributed by atoms with E-state index in [9.17, 15) is 8.42 Å². The second-order valence-corrected chi connectivity index (χ2v) is 8.97. The fraction of sp³-hybridized carbons (Fsp3) is 0.409. The molecule has 0 fully saturated rings. The third kappa shape index (κ3) is 8.51. The number of rotatable bonds is 9. The highest BCUT2D eigenvalue weighted by atomic mass is 127. The number of nitrogens with one attached hydrogen (secondary N) is 2. The number of aliphatic imine (C=N–C) groups is 1. The van der Waals surface area contributed by atoms with Gasteiger partial charge in [0.25, 0.3) is 0 Å². The minimum atomic E-state index is -3.17. The highest BCUT2D eigenvalue weighted by Crippen LogP contribution is 2.15. The van der Waals surface area contributed by atoms with Crippen LogP contribution in [0.15, 0.2) is 58.4 Å². The molecule has 0 atom stereocenters. The molecule has 0 aliphatic heterocycles. The Hall–Kier alpha value is -1.81. The molecule has 2 N–H and O–H groups in total. The van der Waals surface area contributed by atoms with Crippen molar-refractivity contribution in [3.63, 3.8) is 0 Å². The molecule has 0 radical (unpaired) electrons. The molecular formula is C22H33IN4O2S. The molecule has 8 heteroatoms. The Morgan fingerprint density at radius 3 is 2.33 bits per heavy atom. The van der Waals surface area contributed by atoms with Crippen molar-refractivity contribution in [2.24, 2.45) is 4.99 Å². The highest BCUT2D eigenvalue weighted by Gasteiger charge is 2.07. The molecular weight excluding hydrogens is 511 g/mol. The number of anilines is 1. The van der Waals surface area contributed by atoms with Crippen molar-refractivity contribution in [3.05, 3.63) is 59.7 Å². The van der Waals surface area contributed by atoms with E-state index in [-0.39, 0.29) is 24.0 Å². The molecule has 2 aromatic rings. The average molecular weight is 545 g/mol. The number of halogens is 1. The lowest BCUT2D eigenvalue weighted by atomic mass is 10.2. The first-order valence-corrected chi connectivity index (χ1v) is 11.9. The average Bonchev–Trinajstić information content (AvgIpc) is 2.69. The molecule has 0 saturated heterocycles. The van der Waals surface area contributed by atoms with Gasteiger partial charge in [0.2, 0.25) is 0 Å². The van der Waals surface area contributed by atoms with Crippen molar-refractivity contribution < 1.29 is 8.42 Å². The number of benzene rings is 2. The van der Waals surface area contributed by atoms with Crippen molar-refractivity contribution in [1.82, 2.24) is 10.6 Å². The molecule has 6 nitrogen and oxygen atoms in total. The van der Waals surface area contributed by atoms with Crippen molar-refractivity contribution >= 4 is 45.5 Å². The van der Waals surface area contributed by atoms with Crippen LogP contribution in [-0.2, 0) is 16.4 Å². The predicted octanol–water partition coefficient (Wildman–Crippen LogP) is 3.60. The molecule has 0 aliphatic rings. The SMILES string of the molecule is CCNC(=NCc1ccc(S(C)(=O)=O)cc1)NCCN(CC)c1cccc(C)c1.I. The molecule has 0 aromatic heterocycles. The minimum absolute atomic E-state index is 0. The second-order valence-electron chi connectivity index (χ2n) is 6.96. The Balaban J connectivity index is 0.00000450. The molecule has 2 aromatic carbocycles. The van der Waals surface area contributed by atoms with Crippen LogP contribution in [0.3, 0.4) is 0 Å². The van der Waals surface area contributed by atoms with E-state index in [1.807, 2.05) is 6.92 Å². The molecule has 0 aliphatic carbocycles. The van der Waals surface area contributed by atoms with E-state index in [1.165, 1.54) is 17.5 Å².